The lowest BCUT2D eigenvalue weighted by Gasteiger charge is -2.19. The standard InChI is InChI=1S/C16H32O/c1-4-7-10-11-13-15(12-8-5-2)16(17)14-9-6-3/h11,13,15-17H,4-10,12,14H2,1-3H3/b13-11-/t15-,16-/m0/s1. The Hall–Kier alpha value is -0.300. The number of allylic oxidation sites excluding steroid dienone is 1. The molecule has 0 amide bonds. The first-order valence-electron chi connectivity index (χ1n) is 7.60. The van der Waals surface area contributed by atoms with E-state index in [2.05, 4.69) is 32.9 Å². The maximum absolute atomic E-state index is 10.2. The minimum atomic E-state index is -0.126. The molecule has 0 rings (SSSR count). The highest BCUT2D eigenvalue weighted by molar-refractivity contribution is 4.91. The van der Waals surface area contributed by atoms with Crippen LogP contribution in [0.3, 0.4) is 0 Å². The summed E-state index contributed by atoms with van der Waals surface area (Å²) in [5, 5.41) is 10.2. The van der Waals surface area contributed by atoms with Crippen LogP contribution in [-0.2, 0) is 0 Å². The zero-order chi connectivity index (χ0) is 12.9. The molecule has 2 atom stereocenters. The van der Waals surface area contributed by atoms with Crippen molar-refractivity contribution < 1.29 is 5.11 Å². The van der Waals surface area contributed by atoms with E-state index in [1.807, 2.05) is 0 Å². The molecule has 17 heavy (non-hydrogen) atoms. The van der Waals surface area contributed by atoms with E-state index in [1.54, 1.807) is 0 Å². The van der Waals surface area contributed by atoms with Crippen molar-refractivity contribution in [3.8, 4) is 0 Å². The van der Waals surface area contributed by atoms with E-state index in [9.17, 15) is 5.11 Å². The van der Waals surface area contributed by atoms with Gasteiger partial charge < -0.3 is 5.11 Å². The summed E-state index contributed by atoms with van der Waals surface area (Å²) in [6.07, 6.45) is 15.0. The topological polar surface area (TPSA) is 20.2 Å². The summed E-state index contributed by atoms with van der Waals surface area (Å²) in [4.78, 5) is 0. The highest BCUT2D eigenvalue weighted by Crippen LogP contribution is 2.19. The van der Waals surface area contributed by atoms with Gasteiger partial charge in [-0.1, -0.05) is 71.4 Å². The molecule has 102 valence electrons. The van der Waals surface area contributed by atoms with Crippen molar-refractivity contribution >= 4 is 0 Å². The summed E-state index contributed by atoms with van der Waals surface area (Å²) >= 11 is 0. The molecule has 0 bridgehead atoms. The number of unbranched alkanes of at least 4 members (excludes halogenated alkanes) is 4. The molecular formula is C16H32O. The summed E-state index contributed by atoms with van der Waals surface area (Å²) in [6, 6.07) is 0. The number of hydrogen-bond acceptors (Lipinski definition) is 1. The van der Waals surface area contributed by atoms with Gasteiger partial charge in [-0.15, -0.1) is 0 Å². The Labute approximate surface area is 108 Å². The smallest absolute Gasteiger partial charge is 0.0602 e. The number of hydrogen-bond donors (Lipinski definition) is 1. The fourth-order valence-corrected chi connectivity index (χ4v) is 2.08. The van der Waals surface area contributed by atoms with Crippen molar-refractivity contribution in [2.45, 2.75) is 84.7 Å². The fourth-order valence-electron chi connectivity index (χ4n) is 2.08. The molecule has 0 fully saturated rings. The number of aliphatic hydroxyl groups is 1. The third kappa shape index (κ3) is 9.41. The van der Waals surface area contributed by atoms with Crippen LogP contribution in [0.15, 0.2) is 12.2 Å². The SMILES string of the molecule is CCCC/C=C\[C@H](CCCC)[C@@H](O)CCCC. The van der Waals surface area contributed by atoms with E-state index in [1.165, 1.54) is 38.5 Å². The van der Waals surface area contributed by atoms with E-state index in [0.717, 1.165) is 19.3 Å². The quantitative estimate of drug-likeness (QED) is 0.394. The average molecular weight is 240 g/mol. The van der Waals surface area contributed by atoms with Gasteiger partial charge >= 0.3 is 0 Å². The van der Waals surface area contributed by atoms with Crippen LogP contribution in [-0.4, -0.2) is 11.2 Å². The van der Waals surface area contributed by atoms with Crippen LogP contribution in [0, 0.1) is 5.92 Å². The Kier molecular flexibility index (Phi) is 12.0. The van der Waals surface area contributed by atoms with E-state index < -0.39 is 0 Å². The van der Waals surface area contributed by atoms with Gasteiger partial charge in [0.1, 0.15) is 0 Å². The Morgan fingerprint density at radius 2 is 1.47 bits per heavy atom. The molecule has 1 nitrogen and oxygen atoms in total. The third-order valence-electron chi connectivity index (χ3n) is 3.35. The molecule has 0 unspecified atom stereocenters. The van der Waals surface area contributed by atoms with Crippen molar-refractivity contribution in [3.63, 3.8) is 0 Å². The summed E-state index contributed by atoms with van der Waals surface area (Å²) in [5.74, 6) is 0.387. The highest BCUT2D eigenvalue weighted by atomic mass is 16.3. The minimum absolute atomic E-state index is 0.126. The van der Waals surface area contributed by atoms with Gasteiger partial charge in [0.05, 0.1) is 6.10 Å². The zero-order valence-electron chi connectivity index (χ0n) is 12.1. The fraction of sp³-hybridized carbons (Fsp3) is 0.875. The van der Waals surface area contributed by atoms with Gasteiger partial charge in [-0.3, -0.25) is 0 Å². The highest BCUT2D eigenvalue weighted by Gasteiger charge is 2.14. The van der Waals surface area contributed by atoms with E-state index in [4.69, 9.17) is 0 Å². The summed E-state index contributed by atoms with van der Waals surface area (Å²) in [5.41, 5.74) is 0. The molecule has 0 aliphatic carbocycles. The first kappa shape index (κ1) is 16.7. The molecule has 0 aliphatic heterocycles. The van der Waals surface area contributed by atoms with E-state index in [-0.39, 0.29) is 6.10 Å². The molecular weight excluding hydrogens is 208 g/mol. The third-order valence-corrected chi connectivity index (χ3v) is 3.35. The number of rotatable bonds is 11. The average Bonchev–Trinajstić information content (AvgIpc) is 2.35. The van der Waals surface area contributed by atoms with Crippen molar-refractivity contribution in [1.29, 1.82) is 0 Å². The molecule has 1 N–H and O–H groups in total. The summed E-state index contributed by atoms with van der Waals surface area (Å²) < 4.78 is 0. The Morgan fingerprint density at radius 3 is 2.06 bits per heavy atom. The predicted molar refractivity (Wildman–Crippen MR) is 77.2 cm³/mol. The lowest BCUT2D eigenvalue weighted by Crippen LogP contribution is -2.18. The first-order valence-corrected chi connectivity index (χ1v) is 7.60. The summed E-state index contributed by atoms with van der Waals surface area (Å²) in [6.45, 7) is 6.62. The van der Waals surface area contributed by atoms with Crippen molar-refractivity contribution in [2.24, 2.45) is 5.92 Å². The van der Waals surface area contributed by atoms with Crippen molar-refractivity contribution in [2.75, 3.05) is 0 Å². The maximum atomic E-state index is 10.2. The van der Waals surface area contributed by atoms with E-state index in [0.29, 0.717) is 5.92 Å². The van der Waals surface area contributed by atoms with Gasteiger partial charge in [0.25, 0.3) is 0 Å². The predicted octanol–water partition coefficient (Wildman–Crippen LogP) is 5.09. The van der Waals surface area contributed by atoms with Crippen LogP contribution < -0.4 is 0 Å². The van der Waals surface area contributed by atoms with Crippen LogP contribution >= 0.6 is 0 Å². The van der Waals surface area contributed by atoms with Gasteiger partial charge in [-0.05, 0) is 19.3 Å². The van der Waals surface area contributed by atoms with Crippen LogP contribution in [0.1, 0.15) is 78.6 Å². The van der Waals surface area contributed by atoms with Crippen molar-refractivity contribution in [3.05, 3.63) is 12.2 Å². The van der Waals surface area contributed by atoms with Crippen LogP contribution in [0.5, 0.6) is 0 Å². The second-order valence-corrected chi connectivity index (χ2v) is 5.09. The van der Waals surface area contributed by atoms with E-state index >= 15 is 0 Å². The molecule has 0 spiro atoms. The molecule has 0 aromatic rings. The molecule has 0 heterocycles. The molecule has 0 saturated carbocycles. The molecule has 0 aromatic heterocycles. The molecule has 0 saturated heterocycles. The van der Waals surface area contributed by atoms with Gasteiger partial charge in [-0.2, -0.15) is 0 Å². The maximum Gasteiger partial charge on any atom is 0.0602 e. The van der Waals surface area contributed by atoms with Gasteiger partial charge in [0.2, 0.25) is 0 Å². The van der Waals surface area contributed by atoms with Gasteiger partial charge in [0, 0.05) is 5.92 Å². The lowest BCUT2D eigenvalue weighted by molar-refractivity contribution is 0.112. The molecule has 0 aliphatic rings. The summed E-state index contributed by atoms with van der Waals surface area (Å²) in [7, 11) is 0. The molecule has 1 heteroatoms. The normalized spacial score (nSPS) is 15.3. The molecule has 0 aromatic carbocycles. The Morgan fingerprint density at radius 1 is 0.882 bits per heavy atom. The second-order valence-electron chi connectivity index (χ2n) is 5.09. The Balaban J connectivity index is 4.05. The largest absolute Gasteiger partial charge is 0.393 e. The second kappa shape index (κ2) is 12.2. The monoisotopic (exact) mass is 240 g/mol. The van der Waals surface area contributed by atoms with Crippen LogP contribution in [0.4, 0.5) is 0 Å². The van der Waals surface area contributed by atoms with Gasteiger partial charge in [-0.25, -0.2) is 0 Å². The van der Waals surface area contributed by atoms with Gasteiger partial charge in [0.15, 0.2) is 0 Å². The zero-order valence-corrected chi connectivity index (χ0v) is 12.1. The lowest BCUT2D eigenvalue weighted by atomic mass is 9.92. The first-order chi connectivity index (χ1) is 8.26. The minimum Gasteiger partial charge on any atom is -0.393 e. The van der Waals surface area contributed by atoms with Crippen LogP contribution in [0.25, 0.3) is 0 Å². The van der Waals surface area contributed by atoms with Crippen molar-refractivity contribution in [1.82, 2.24) is 0 Å². The Bertz CT molecular complexity index is 174. The molecule has 0 radical (unpaired) electrons. The number of aliphatic hydroxyl groups excluding tert-OH is 1. The van der Waals surface area contributed by atoms with Crippen LogP contribution in [0.2, 0.25) is 0 Å².